The molecule has 0 spiro atoms. The highest BCUT2D eigenvalue weighted by Crippen LogP contribution is 2.29. The lowest BCUT2D eigenvalue weighted by Crippen LogP contribution is -2.14. The van der Waals surface area contributed by atoms with E-state index in [1.54, 1.807) is 23.0 Å². The van der Waals surface area contributed by atoms with Gasteiger partial charge in [-0.3, -0.25) is 9.78 Å². The zero-order valence-electron chi connectivity index (χ0n) is 14.4. The second kappa shape index (κ2) is 6.79. The van der Waals surface area contributed by atoms with Gasteiger partial charge < -0.3 is 0 Å². The van der Waals surface area contributed by atoms with Gasteiger partial charge in [0.05, 0.1) is 23.5 Å². The van der Waals surface area contributed by atoms with Gasteiger partial charge in [0.1, 0.15) is 0 Å². The number of hydrogen-bond acceptors (Lipinski definition) is 5. The molecule has 6 nitrogen and oxygen atoms in total. The second-order valence-corrected chi connectivity index (χ2v) is 6.22. The molecule has 0 aliphatic rings. The van der Waals surface area contributed by atoms with Crippen LogP contribution in [-0.2, 0) is 6.18 Å². The van der Waals surface area contributed by atoms with E-state index in [2.05, 4.69) is 15.1 Å². The van der Waals surface area contributed by atoms with E-state index >= 15 is 0 Å². The minimum Gasteiger partial charge on any atom is -0.292 e. The van der Waals surface area contributed by atoms with Crippen molar-refractivity contribution in [1.82, 2.24) is 19.7 Å². The highest BCUT2D eigenvalue weighted by atomic mass is 19.4. The lowest BCUT2D eigenvalue weighted by molar-refractivity contribution is -0.137. The predicted molar refractivity (Wildman–Crippen MR) is 89.8 cm³/mol. The summed E-state index contributed by atoms with van der Waals surface area (Å²) >= 11 is 0. The molecule has 0 amide bonds. The van der Waals surface area contributed by atoms with Crippen molar-refractivity contribution in [1.29, 1.82) is 5.26 Å². The van der Waals surface area contributed by atoms with Crippen molar-refractivity contribution >= 4 is 16.8 Å². The van der Waals surface area contributed by atoms with Gasteiger partial charge in [0.2, 0.25) is 0 Å². The number of rotatable bonds is 4. The van der Waals surface area contributed by atoms with Crippen molar-refractivity contribution in [3.05, 3.63) is 53.6 Å². The fourth-order valence-corrected chi connectivity index (χ4v) is 2.62. The quantitative estimate of drug-likeness (QED) is 0.647. The van der Waals surface area contributed by atoms with Crippen LogP contribution < -0.4 is 0 Å². The van der Waals surface area contributed by atoms with E-state index in [4.69, 9.17) is 0 Å². The summed E-state index contributed by atoms with van der Waals surface area (Å²) in [6, 6.07) is 5.29. The monoisotopic (exact) mass is 373 g/mol. The zero-order valence-corrected chi connectivity index (χ0v) is 14.4. The Labute approximate surface area is 152 Å². The first-order chi connectivity index (χ1) is 12.7. The summed E-state index contributed by atoms with van der Waals surface area (Å²) in [5.74, 6) is -1.91. The Bertz CT molecular complexity index is 1030. The Morgan fingerprint density at radius 3 is 2.48 bits per heavy atom. The highest BCUT2D eigenvalue weighted by Gasteiger charge is 2.32. The first-order valence-electron chi connectivity index (χ1n) is 8.02. The van der Waals surface area contributed by atoms with E-state index in [0.717, 1.165) is 12.1 Å². The number of aromatic nitrogens is 4. The third-order valence-corrected chi connectivity index (χ3v) is 4.01. The molecular weight excluding hydrogens is 359 g/mol. The van der Waals surface area contributed by atoms with Crippen LogP contribution >= 0.6 is 0 Å². The van der Waals surface area contributed by atoms with Crippen LogP contribution in [0.1, 0.15) is 47.4 Å². The summed E-state index contributed by atoms with van der Waals surface area (Å²) in [7, 11) is 0. The Morgan fingerprint density at radius 1 is 1.19 bits per heavy atom. The Morgan fingerprint density at radius 2 is 1.93 bits per heavy atom. The molecule has 0 radical (unpaired) electrons. The molecule has 0 saturated heterocycles. The number of hydrogen-bond donors (Lipinski definition) is 0. The third kappa shape index (κ3) is 3.51. The smallest absolute Gasteiger partial charge is 0.292 e. The standard InChI is InChI=1S/C18H14F3N5O/c1-10(2)26-17-12(8-25-26)5-11(7-24-17)16(27)14(6-22)15-4-3-13(9-23-15)18(19,20)21/h3-5,7-10,14H,1-2H3. The summed E-state index contributed by atoms with van der Waals surface area (Å²) < 4.78 is 39.6. The maximum atomic E-state index is 12.7. The largest absolute Gasteiger partial charge is 0.417 e. The summed E-state index contributed by atoms with van der Waals surface area (Å²) in [6.07, 6.45) is -1.03. The number of carbonyl (C=O) groups is 1. The summed E-state index contributed by atoms with van der Waals surface area (Å²) in [4.78, 5) is 20.6. The first kappa shape index (κ1) is 18.5. The molecule has 0 aromatic carbocycles. The average molecular weight is 373 g/mol. The maximum Gasteiger partial charge on any atom is 0.417 e. The van der Waals surface area contributed by atoms with E-state index in [0.29, 0.717) is 17.2 Å². The van der Waals surface area contributed by atoms with Crippen molar-refractivity contribution in [2.24, 2.45) is 0 Å². The van der Waals surface area contributed by atoms with E-state index in [9.17, 15) is 23.2 Å². The highest BCUT2D eigenvalue weighted by molar-refractivity contribution is 6.04. The number of pyridine rings is 2. The van der Waals surface area contributed by atoms with Crippen LogP contribution in [0, 0.1) is 11.3 Å². The maximum absolute atomic E-state index is 12.7. The third-order valence-electron chi connectivity index (χ3n) is 4.01. The van der Waals surface area contributed by atoms with Gasteiger partial charge in [-0.05, 0) is 32.0 Å². The lowest BCUT2D eigenvalue weighted by atomic mass is 9.95. The van der Waals surface area contributed by atoms with Crippen LogP contribution in [0.3, 0.4) is 0 Å². The molecule has 0 aliphatic heterocycles. The molecule has 0 aliphatic carbocycles. The van der Waals surface area contributed by atoms with Gasteiger partial charge in [-0.2, -0.15) is 23.5 Å². The number of alkyl halides is 3. The van der Waals surface area contributed by atoms with Crippen molar-refractivity contribution < 1.29 is 18.0 Å². The number of carbonyl (C=O) groups excluding carboxylic acids is 1. The van der Waals surface area contributed by atoms with Crippen LogP contribution in [0.15, 0.2) is 36.8 Å². The van der Waals surface area contributed by atoms with Gasteiger partial charge in [-0.1, -0.05) is 0 Å². The molecule has 1 unspecified atom stereocenters. The van der Waals surface area contributed by atoms with Gasteiger partial charge in [0.25, 0.3) is 0 Å². The summed E-state index contributed by atoms with van der Waals surface area (Å²) in [6.45, 7) is 3.88. The minimum atomic E-state index is -4.54. The summed E-state index contributed by atoms with van der Waals surface area (Å²) in [5, 5.41) is 14.2. The SMILES string of the molecule is CC(C)n1ncc2cc(C(=O)C(C#N)c3ccc(C(F)(F)F)cn3)cnc21. The topological polar surface area (TPSA) is 84.5 Å². The molecule has 3 rings (SSSR count). The van der Waals surface area contributed by atoms with Crippen molar-refractivity contribution in [3.63, 3.8) is 0 Å². The van der Waals surface area contributed by atoms with Crippen LogP contribution in [0.4, 0.5) is 13.2 Å². The van der Waals surface area contributed by atoms with Crippen molar-refractivity contribution in [2.45, 2.75) is 32.0 Å². The van der Waals surface area contributed by atoms with Gasteiger partial charge >= 0.3 is 6.18 Å². The molecule has 3 aromatic rings. The number of nitrogens with zero attached hydrogens (tertiary/aromatic N) is 5. The van der Waals surface area contributed by atoms with Gasteiger partial charge in [0, 0.05) is 29.4 Å². The number of halogens is 3. The van der Waals surface area contributed by atoms with Gasteiger partial charge in [-0.15, -0.1) is 0 Å². The van der Waals surface area contributed by atoms with E-state index in [1.807, 2.05) is 13.8 Å². The Balaban J connectivity index is 1.93. The molecule has 3 aromatic heterocycles. The van der Waals surface area contributed by atoms with Crippen LogP contribution in [-0.4, -0.2) is 25.5 Å². The average Bonchev–Trinajstić information content (AvgIpc) is 3.05. The molecule has 3 heterocycles. The Hall–Kier alpha value is -3.28. The predicted octanol–water partition coefficient (Wildman–Crippen LogP) is 3.92. The van der Waals surface area contributed by atoms with E-state index < -0.39 is 23.4 Å². The number of fused-ring (bicyclic) bond motifs is 1. The molecule has 9 heteroatoms. The lowest BCUT2D eigenvalue weighted by Gasteiger charge is -2.10. The molecule has 1 atom stereocenters. The molecule has 138 valence electrons. The van der Waals surface area contributed by atoms with Gasteiger partial charge in [-0.25, -0.2) is 9.67 Å². The molecule has 0 N–H and O–H groups in total. The van der Waals surface area contributed by atoms with Crippen molar-refractivity contribution in [2.75, 3.05) is 0 Å². The molecule has 0 bridgehead atoms. The molecular formula is C18H14F3N5O. The van der Waals surface area contributed by atoms with Crippen LogP contribution in [0.25, 0.3) is 11.0 Å². The number of Topliss-reactive ketones (excluding diaryl/α,β-unsaturated/α-hetero) is 1. The fourth-order valence-electron chi connectivity index (χ4n) is 2.62. The molecule has 0 saturated carbocycles. The number of nitriles is 1. The second-order valence-electron chi connectivity index (χ2n) is 6.22. The number of ketones is 1. The van der Waals surface area contributed by atoms with Crippen molar-refractivity contribution in [3.8, 4) is 6.07 Å². The minimum absolute atomic E-state index is 0.0477. The van der Waals surface area contributed by atoms with Gasteiger partial charge in [0.15, 0.2) is 17.3 Å². The Kier molecular flexibility index (Phi) is 4.66. The van der Waals surface area contributed by atoms with Crippen LogP contribution in [0.5, 0.6) is 0 Å². The molecule has 0 fully saturated rings. The summed E-state index contributed by atoms with van der Waals surface area (Å²) in [5.41, 5.74) is -0.227. The fraction of sp³-hybridized carbons (Fsp3) is 0.278. The molecule has 27 heavy (non-hydrogen) atoms. The van der Waals surface area contributed by atoms with E-state index in [-0.39, 0.29) is 17.3 Å². The zero-order chi connectivity index (χ0) is 19.8. The first-order valence-corrected chi connectivity index (χ1v) is 8.02. The van der Waals surface area contributed by atoms with E-state index in [1.165, 1.54) is 6.20 Å². The van der Waals surface area contributed by atoms with Crippen LogP contribution in [0.2, 0.25) is 0 Å². The normalized spacial score (nSPS) is 12.9.